The van der Waals surface area contributed by atoms with Gasteiger partial charge in [-0.3, -0.25) is 0 Å². The van der Waals surface area contributed by atoms with Crippen molar-refractivity contribution < 1.29 is 0 Å². The third kappa shape index (κ3) is 2.89. The minimum Gasteiger partial charge on any atom is -0.356 e. The van der Waals surface area contributed by atoms with E-state index in [1.54, 1.807) is 0 Å². The van der Waals surface area contributed by atoms with Crippen LogP contribution in [0.3, 0.4) is 0 Å². The zero-order chi connectivity index (χ0) is 12.3. The molecule has 3 heteroatoms. The molecule has 1 heterocycles. The summed E-state index contributed by atoms with van der Waals surface area (Å²) in [6, 6.07) is 5.95. The van der Waals surface area contributed by atoms with Crippen LogP contribution >= 0.6 is 11.6 Å². The van der Waals surface area contributed by atoms with Gasteiger partial charge in [0.15, 0.2) is 0 Å². The lowest BCUT2D eigenvalue weighted by atomic mass is 10.2. The Morgan fingerprint density at radius 3 is 3.06 bits per heavy atom. The molecule has 0 unspecified atom stereocenters. The van der Waals surface area contributed by atoms with Gasteiger partial charge >= 0.3 is 0 Å². The molecule has 0 aromatic heterocycles. The third-order valence-corrected chi connectivity index (χ3v) is 3.36. The van der Waals surface area contributed by atoms with Gasteiger partial charge in [0.2, 0.25) is 0 Å². The van der Waals surface area contributed by atoms with Gasteiger partial charge in [-0.25, -0.2) is 4.99 Å². The molecule has 0 atom stereocenters. The van der Waals surface area contributed by atoms with Gasteiger partial charge in [-0.15, -0.1) is 6.58 Å². The molecule has 90 valence electrons. The SMILES string of the molecule is C=CCN1CCCC1=Nc1ccc(C)c(Cl)c1. The quantitative estimate of drug-likeness (QED) is 0.740. The monoisotopic (exact) mass is 248 g/mol. The van der Waals surface area contributed by atoms with Crippen LogP contribution in [0.4, 0.5) is 5.69 Å². The van der Waals surface area contributed by atoms with Crippen molar-refractivity contribution in [3.63, 3.8) is 0 Å². The lowest BCUT2D eigenvalue weighted by Crippen LogP contribution is -2.24. The second-order valence-electron chi connectivity index (χ2n) is 4.30. The summed E-state index contributed by atoms with van der Waals surface area (Å²) in [6.07, 6.45) is 4.13. The van der Waals surface area contributed by atoms with E-state index in [-0.39, 0.29) is 0 Å². The minimum atomic E-state index is 0.778. The highest BCUT2D eigenvalue weighted by atomic mass is 35.5. The van der Waals surface area contributed by atoms with Crippen molar-refractivity contribution in [3.05, 3.63) is 41.4 Å². The van der Waals surface area contributed by atoms with Crippen molar-refractivity contribution in [3.8, 4) is 0 Å². The van der Waals surface area contributed by atoms with Crippen molar-refractivity contribution >= 4 is 23.1 Å². The Labute approximate surface area is 108 Å². The van der Waals surface area contributed by atoms with E-state index in [0.717, 1.165) is 41.6 Å². The number of nitrogens with zero attached hydrogens (tertiary/aromatic N) is 2. The molecular formula is C14H17ClN2. The molecule has 0 N–H and O–H groups in total. The first-order valence-corrected chi connectivity index (χ1v) is 6.28. The van der Waals surface area contributed by atoms with Crippen LogP contribution in [0.15, 0.2) is 35.8 Å². The van der Waals surface area contributed by atoms with Crippen LogP contribution in [0.1, 0.15) is 18.4 Å². The van der Waals surface area contributed by atoms with Crippen molar-refractivity contribution in [2.45, 2.75) is 19.8 Å². The van der Waals surface area contributed by atoms with E-state index >= 15 is 0 Å². The Bertz CT molecular complexity index is 452. The van der Waals surface area contributed by atoms with Crippen molar-refractivity contribution in [1.82, 2.24) is 4.90 Å². The summed E-state index contributed by atoms with van der Waals surface area (Å²) in [7, 11) is 0. The van der Waals surface area contributed by atoms with Crippen LogP contribution in [-0.2, 0) is 0 Å². The van der Waals surface area contributed by atoms with Crippen LogP contribution in [0.2, 0.25) is 5.02 Å². The number of hydrogen-bond donors (Lipinski definition) is 0. The fraction of sp³-hybridized carbons (Fsp3) is 0.357. The highest BCUT2D eigenvalue weighted by molar-refractivity contribution is 6.31. The number of amidine groups is 1. The van der Waals surface area contributed by atoms with Crippen molar-refractivity contribution in [2.75, 3.05) is 13.1 Å². The Kier molecular flexibility index (Phi) is 3.85. The van der Waals surface area contributed by atoms with Crippen LogP contribution in [0.5, 0.6) is 0 Å². The number of aryl methyl sites for hydroxylation is 1. The molecule has 1 aromatic rings. The van der Waals surface area contributed by atoms with Crippen LogP contribution in [0.25, 0.3) is 0 Å². The summed E-state index contributed by atoms with van der Waals surface area (Å²) < 4.78 is 0. The second-order valence-corrected chi connectivity index (χ2v) is 4.71. The third-order valence-electron chi connectivity index (χ3n) is 2.96. The lowest BCUT2D eigenvalue weighted by Gasteiger charge is -2.16. The van der Waals surface area contributed by atoms with Gasteiger partial charge in [0.25, 0.3) is 0 Å². The Morgan fingerprint density at radius 2 is 2.35 bits per heavy atom. The van der Waals surface area contributed by atoms with E-state index < -0.39 is 0 Å². The number of benzene rings is 1. The number of rotatable bonds is 3. The Balaban J connectivity index is 2.22. The molecule has 0 bridgehead atoms. The van der Waals surface area contributed by atoms with Crippen molar-refractivity contribution in [2.24, 2.45) is 4.99 Å². The molecule has 1 aliphatic heterocycles. The average Bonchev–Trinajstić information content (AvgIpc) is 2.72. The molecule has 0 spiro atoms. The molecule has 2 rings (SSSR count). The molecule has 1 aromatic carbocycles. The number of halogens is 1. The Morgan fingerprint density at radius 1 is 1.53 bits per heavy atom. The summed E-state index contributed by atoms with van der Waals surface area (Å²) in [5.74, 6) is 1.14. The summed E-state index contributed by atoms with van der Waals surface area (Å²) in [6.45, 7) is 7.72. The number of aliphatic imine (C=N–C) groups is 1. The predicted octanol–water partition coefficient (Wildman–Crippen LogP) is 3.96. The smallest absolute Gasteiger partial charge is 0.105 e. The van der Waals surface area contributed by atoms with Gasteiger partial charge < -0.3 is 4.90 Å². The Hall–Kier alpha value is -1.28. The van der Waals surface area contributed by atoms with Gasteiger partial charge in [0.05, 0.1) is 5.69 Å². The average molecular weight is 249 g/mol. The summed E-state index contributed by atoms with van der Waals surface area (Å²) in [5, 5.41) is 0.778. The van der Waals surface area contributed by atoms with Gasteiger partial charge in [-0.2, -0.15) is 0 Å². The standard InChI is InChI=1S/C14H17ClN2/c1-3-8-17-9-4-5-14(17)16-12-7-6-11(2)13(15)10-12/h3,6-7,10H,1,4-5,8-9H2,2H3. The first kappa shape index (κ1) is 12.2. The molecule has 1 saturated heterocycles. The molecule has 1 aliphatic rings. The van der Waals surface area contributed by atoms with Crippen LogP contribution in [0, 0.1) is 6.92 Å². The highest BCUT2D eigenvalue weighted by Crippen LogP contribution is 2.24. The molecule has 0 amide bonds. The van der Waals surface area contributed by atoms with Crippen LogP contribution < -0.4 is 0 Å². The molecule has 0 radical (unpaired) electrons. The van der Waals surface area contributed by atoms with E-state index in [9.17, 15) is 0 Å². The maximum absolute atomic E-state index is 6.10. The molecule has 0 aliphatic carbocycles. The highest BCUT2D eigenvalue weighted by Gasteiger charge is 2.16. The summed E-state index contributed by atoms with van der Waals surface area (Å²) >= 11 is 6.10. The fourth-order valence-electron chi connectivity index (χ4n) is 1.99. The largest absolute Gasteiger partial charge is 0.356 e. The van der Waals surface area contributed by atoms with Gasteiger partial charge in [0, 0.05) is 24.5 Å². The summed E-state index contributed by atoms with van der Waals surface area (Å²) in [5.41, 5.74) is 2.02. The number of hydrogen-bond acceptors (Lipinski definition) is 1. The first-order chi connectivity index (χ1) is 8.20. The zero-order valence-electron chi connectivity index (χ0n) is 10.1. The zero-order valence-corrected chi connectivity index (χ0v) is 10.9. The van der Waals surface area contributed by atoms with E-state index in [2.05, 4.69) is 16.5 Å². The first-order valence-electron chi connectivity index (χ1n) is 5.90. The lowest BCUT2D eigenvalue weighted by molar-refractivity contribution is 0.502. The molecular weight excluding hydrogens is 232 g/mol. The second kappa shape index (κ2) is 5.37. The van der Waals surface area contributed by atoms with Gasteiger partial charge in [-0.05, 0) is 31.0 Å². The van der Waals surface area contributed by atoms with Gasteiger partial charge in [-0.1, -0.05) is 23.7 Å². The molecule has 17 heavy (non-hydrogen) atoms. The van der Waals surface area contributed by atoms with Gasteiger partial charge in [0.1, 0.15) is 5.84 Å². The van der Waals surface area contributed by atoms with E-state index in [1.165, 1.54) is 6.42 Å². The van der Waals surface area contributed by atoms with E-state index in [0.29, 0.717) is 0 Å². The molecule has 1 fully saturated rings. The topological polar surface area (TPSA) is 15.6 Å². The molecule has 0 saturated carbocycles. The minimum absolute atomic E-state index is 0.778. The predicted molar refractivity (Wildman–Crippen MR) is 74.3 cm³/mol. The maximum Gasteiger partial charge on any atom is 0.105 e. The van der Waals surface area contributed by atoms with Crippen LogP contribution in [-0.4, -0.2) is 23.8 Å². The van der Waals surface area contributed by atoms with Crippen molar-refractivity contribution in [1.29, 1.82) is 0 Å². The summed E-state index contributed by atoms with van der Waals surface area (Å²) in [4.78, 5) is 6.94. The number of likely N-dealkylation sites (tertiary alicyclic amines) is 1. The van der Waals surface area contributed by atoms with E-state index in [4.69, 9.17) is 11.6 Å². The fourth-order valence-corrected chi connectivity index (χ4v) is 2.17. The molecule has 2 nitrogen and oxygen atoms in total. The maximum atomic E-state index is 6.10. The van der Waals surface area contributed by atoms with E-state index in [1.807, 2.05) is 31.2 Å². The normalized spacial score (nSPS) is 17.8.